The molecule has 30 heavy (non-hydrogen) atoms. The molecule has 2 aromatic carbocycles. The van der Waals surface area contributed by atoms with Gasteiger partial charge in [-0.2, -0.15) is 0 Å². The molecule has 1 aromatic heterocycles. The van der Waals surface area contributed by atoms with Crippen LogP contribution in [0.3, 0.4) is 0 Å². The van der Waals surface area contributed by atoms with Crippen LogP contribution in [0.5, 0.6) is 5.75 Å². The minimum atomic E-state index is -0.681. The molecule has 0 aliphatic rings. The molecular formula is C24H23N3O3. The third-order valence-electron chi connectivity index (χ3n) is 4.23. The van der Waals surface area contributed by atoms with Gasteiger partial charge in [0.25, 0.3) is 0 Å². The van der Waals surface area contributed by atoms with E-state index in [1.165, 1.54) is 6.08 Å². The van der Waals surface area contributed by atoms with Gasteiger partial charge in [0.15, 0.2) is 0 Å². The van der Waals surface area contributed by atoms with Crippen molar-refractivity contribution < 1.29 is 14.3 Å². The average Bonchev–Trinajstić information content (AvgIpc) is 2.78. The number of nitrogens with zero attached hydrogens (tertiary/aromatic N) is 1. The van der Waals surface area contributed by atoms with Crippen LogP contribution in [-0.2, 0) is 16.2 Å². The maximum Gasteiger partial charge on any atom is 0.246 e. The van der Waals surface area contributed by atoms with Gasteiger partial charge in [-0.15, -0.1) is 0 Å². The average molecular weight is 401 g/mol. The lowest BCUT2D eigenvalue weighted by Crippen LogP contribution is -2.40. The molecule has 0 aliphatic carbocycles. The monoisotopic (exact) mass is 401 g/mol. The van der Waals surface area contributed by atoms with E-state index in [1.807, 2.05) is 42.5 Å². The van der Waals surface area contributed by atoms with Crippen molar-refractivity contribution in [1.82, 2.24) is 10.3 Å². The number of rotatable bonds is 8. The van der Waals surface area contributed by atoms with Crippen molar-refractivity contribution in [2.24, 2.45) is 0 Å². The zero-order valence-electron chi connectivity index (χ0n) is 16.6. The third-order valence-corrected chi connectivity index (χ3v) is 4.23. The number of hydrogen-bond donors (Lipinski definition) is 2. The van der Waals surface area contributed by atoms with E-state index in [0.717, 1.165) is 11.1 Å². The molecule has 2 N–H and O–H groups in total. The molecule has 0 aliphatic heterocycles. The number of carbonyl (C=O) groups is 2. The summed E-state index contributed by atoms with van der Waals surface area (Å²) in [7, 11) is 0. The Labute approximate surface area is 175 Å². The molecule has 6 heteroatoms. The molecule has 0 saturated carbocycles. The van der Waals surface area contributed by atoms with Crippen LogP contribution in [0.15, 0.2) is 85.2 Å². The van der Waals surface area contributed by atoms with Crippen LogP contribution in [0.4, 0.5) is 5.69 Å². The molecule has 1 atom stereocenters. The van der Waals surface area contributed by atoms with Crippen LogP contribution in [0.2, 0.25) is 0 Å². The van der Waals surface area contributed by atoms with Gasteiger partial charge in [-0.25, -0.2) is 0 Å². The highest BCUT2D eigenvalue weighted by molar-refractivity contribution is 5.99. The Morgan fingerprint density at radius 2 is 1.80 bits per heavy atom. The highest BCUT2D eigenvalue weighted by Crippen LogP contribution is 2.17. The van der Waals surface area contributed by atoms with Gasteiger partial charge in [0, 0.05) is 29.7 Å². The van der Waals surface area contributed by atoms with Gasteiger partial charge in [-0.3, -0.25) is 14.6 Å². The second-order valence-electron chi connectivity index (χ2n) is 6.64. The third kappa shape index (κ3) is 6.60. The summed E-state index contributed by atoms with van der Waals surface area (Å²) < 4.78 is 5.70. The smallest absolute Gasteiger partial charge is 0.246 e. The van der Waals surface area contributed by atoms with Gasteiger partial charge < -0.3 is 15.4 Å². The van der Waals surface area contributed by atoms with Gasteiger partial charge in [-0.1, -0.05) is 36.4 Å². The highest BCUT2D eigenvalue weighted by atomic mass is 16.5. The van der Waals surface area contributed by atoms with Crippen LogP contribution in [0.1, 0.15) is 18.1 Å². The number of anilines is 1. The Morgan fingerprint density at radius 3 is 2.50 bits per heavy atom. The number of aromatic nitrogens is 1. The molecule has 2 amide bonds. The minimum Gasteiger partial charge on any atom is -0.489 e. The lowest BCUT2D eigenvalue weighted by atomic mass is 10.2. The summed E-state index contributed by atoms with van der Waals surface area (Å²) in [5.74, 6) is 0.0467. The summed E-state index contributed by atoms with van der Waals surface area (Å²) in [6.07, 6.45) is 6.57. The van der Waals surface area contributed by atoms with E-state index in [4.69, 9.17) is 4.74 Å². The molecule has 3 aromatic rings. The number of benzene rings is 2. The molecule has 0 fully saturated rings. The van der Waals surface area contributed by atoms with Crippen molar-refractivity contribution >= 4 is 23.6 Å². The van der Waals surface area contributed by atoms with E-state index < -0.39 is 6.04 Å². The summed E-state index contributed by atoms with van der Waals surface area (Å²) in [6.45, 7) is 2.05. The largest absolute Gasteiger partial charge is 0.489 e. The predicted molar refractivity (Wildman–Crippen MR) is 117 cm³/mol. The number of nitrogens with one attached hydrogen (secondary N) is 2. The maximum absolute atomic E-state index is 12.3. The summed E-state index contributed by atoms with van der Waals surface area (Å²) in [4.78, 5) is 28.4. The quantitative estimate of drug-likeness (QED) is 0.563. The fourth-order valence-electron chi connectivity index (χ4n) is 2.60. The fourth-order valence-corrected chi connectivity index (χ4v) is 2.60. The zero-order chi connectivity index (χ0) is 21.2. The molecule has 152 valence electrons. The van der Waals surface area contributed by atoms with Gasteiger partial charge in [0.2, 0.25) is 11.8 Å². The Bertz CT molecular complexity index is 987. The summed E-state index contributed by atoms with van der Waals surface area (Å²) in [5, 5.41) is 5.43. The molecule has 6 nitrogen and oxygen atoms in total. The van der Waals surface area contributed by atoms with Crippen molar-refractivity contribution in [2.45, 2.75) is 19.6 Å². The van der Waals surface area contributed by atoms with Crippen LogP contribution in [0, 0.1) is 0 Å². The molecule has 0 radical (unpaired) electrons. The molecule has 1 unspecified atom stereocenters. The minimum absolute atomic E-state index is 0.305. The van der Waals surface area contributed by atoms with E-state index in [9.17, 15) is 9.59 Å². The van der Waals surface area contributed by atoms with E-state index >= 15 is 0 Å². The van der Waals surface area contributed by atoms with Gasteiger partial charge in [0.05, 0.1) is 0 Å². The summed E-state index contributed by atoms with van der Waals surface area (Å²) in [5.41, 5.74) is 2.51. The van der Waals surface area contributed by atoms with Crippen molar-refractivity contribution in [1.29, 1.82) is 0 Å². The normalized spacial score (nSPS) is 11.6. The molecule has 3 rings (SSSR count). The van der Waals surface area contributed by atoms with E-state index in [-0.39, 0.29) is 11.8 Å². The van der Waals surface area contributed by atoms with Gasteiger partial charge in [0.1, 0.15) is 18.4 Å². The second kappa shape index (κ2) is 10.6. The van der Waals surface area contributed by atoms with Crippen LogP contribution >= 0.6 is 0 Å². The topological polar surface area (TPSA) is 80.3 Å². The first-order valence-electron chi connectivity index (χ1n) is 9.56. The van der Waals surface area contributed by atoms with E-state index in [1.54, 1.807) is 49.7 Å². The van der Waals surface area contributed by atoms with Crippen LogP contribution in [-0.4, -0.2) is 22.8 Å². The van der Waals surface area contributed by atoms with Gasteiger partial charge >= 0.3 is 0 Å². The predicted octanol–water partition coefficient (Wildman–Crippen LogP) is 3.82. The Kier molecular flexibility index (Phi) is 7.33. The number of amides is 2. The van der Waals surface area contributed by atoms with Crippen LogP contribution < -0.4 is 15.4 Å². The Balaban J connectivity index is 1.46. The molecule has 0 spiro atoms. The van der Waals surface area contributed by atoms with Crippen molar-refractivity contribution in [2.75, 3.05) is 5.32 Å². The lowest BCUT2D eigenvalue weighted by molar-refractivity contribution is -0.123. The molecule has 1 heterocycles. The van der Waals surface area contributed by atoms with E-state index in [2.05, 4.69) is 15.6 Å². The fraction of sp³-hybridized carbons (Fsp3) is 0.125. The maximum atomic E-state index is 12.3. The van der Waals surface area contributed by atoms with Crippen LogP contribution in [0.25, 0.3) is 6.08 Å². The molecular weight excluding hydrogens is 378 g/mol. The molecule has 0 saturated heterocycles. The highest BCUT2D eigenvalue weighted by Gasteiger charge is 2.14. The Morgan fingerprint density at radius 1 is 1.03 bits per heavy atom. The first-order chi connectivity index (χ1) is 14.6. The first-order valence-corrected chi connectivity index (χ1v) is 9.56. The SMILES string of the molecule is CC(NC(=O)/C=C/c1ccccc1)C(=O)Nc1ccc(OCc2cccnc2)cc1. The van der Waals surface area contributed by atoms with E-state index in [0.29, 0.717) is 18.0 Å². The van der Waals surface area contributed by atoms with Crippen molar-refractivity contribution in [3.63, 3.8) is 0 Å². The number of carbonyl (C=O) groups excluding carboxylic acids is 2. The molecule has 0 bridgehead atoms. The van der Waals surface area contributed by atoms with Crippen molar-refractivity contribution in [3.8, 4) is 5.75 Å². The van der Waals surface area contributed by atoms with Gasteiger partial charge in [-0.05, 0) is 48.9 Å². The lowest BCUT2D eigenvalue weighted by Gasteiger charge is -2.13. The number of hydrogen-bond acceptors (Lipinski definition) is 4. The summed E-state index contributed by atoms with van der Waals surface area (Å²) in [6, 6.07) is 19.6. The summed E-state index contributed by atoms with van der Waals surface area (Å²) >= 11 is 0. The van der Waals surface area contributed by atoms with Crippen molar-refractivity contribution in [3.05, 3.63) is 96.3 Å². The second-order valence-corrected chi connectivity index (χ2v) is 6.64. The first kappa shape index (κ1) is 20.8. The Hall–Kier alpha value is -3.93. The number of ether oxygens (including phenoxy) is 1. The zero-order valence-corrected chi connectivity index (χ0v) is 16.6. The number of pyridine rings is 1. The standard InChI is InChI=1S/C24H23N3O3/c1-18(26-23(28)14-9-19-6-3-2-4-7-19)24(29)27-21-10-12-22(13-11-21)30-17-20-8-5-15-25-16-20/h2-16,18H,17H2,1H3,(H,26,28)(H,27,29)/b14-9+.